The first-order chi connectivity index (χ1) is 6.59. The highest BCUT2D eigenvalue weighted by molar-refractivity contribution is 6.29. The molecule has 0 saturated heterocycles. The van der Waals surface area contributed by atoms with Gasteiger partial charge in [-0.2, -0.15) is 0 Å². The summed E-state index contributed by atoms with van der Waals surface area (Å²) >= 11 is 5.61. The normalized spacial score (nSPS) is 19.0. The smallest absolute Gasteiger partial charge is 0.254 e. The van der Waals surface area contributed by atoms with Crippen LogP contribution >= 0.6 is 11.6 Å². The Labute approximate surface area is 87.7 Å². The average Bonchev–Trinajstić information content (AvgIpc) is 2.07. The van der Waals surface area contributed by atoms with Crippen LogP contribution in [0.3, 0.4) is 0 Å². The van der Waals surface area contributed by atoms with Crippen molar-refractivity contribution in [1.82, 2.24) is 9.55 Å². The molecule has 0 atom stereocenters. The number of hydrogen-bond acceptors (Lipinski definition) is 2. The first kappa shape index (κ1) is 9.71. The Morgan fingerprint density at radius 3 is 2.86 bits per heavy atom. The van der Waals surface area contributed by atoms with Gasteiger partial charge in [-0.3, -0.25) is 9.36 Å². The van der Waals surface area contributed by atoms with Crippen LogP contribution in [0.4, 0.5) is 0 Å². The number of halogens is 1. The molecule has 1 aliphatic rings. The highest BCUT2D eigenvalue weighted by atomic mass is 35.5. The fourth-order valence-corrected chi connectivity index (χ4v) is 2.01. The van der Waals surface area contributed by atoms with Gasteiger partial charge in [-0.25, -0.2) is 4.98 Å². The number of hydrogen-bond donors (Lipinski definition) is 0. The zero-order valence-corrected chi connectivity index (χ0v) is 8.92. The molecule has 1 saturated carbocycles. The lowest BCUT2D eigenvalue weighted by Gasteiger charge is -2.38. The van der Waals surface area contributed by atoms with Gasteiger partial charge in [-0.1, -0.05) is 24.9 Å². The van der Waals surface area contributed by atoms with Gasteiger partial charge in [0.15, 0.2) is 0 Å². The molecule has 1 aliphatic carbocycles. The molecule has 0 unspecified atom stereocenters. The topological polar surface area (TPSA) is 34.9 Å². The molecule has 0 aliphatic heterocycles. The minimum Gasteiger partial charge on any atom is -0.299 e. The summed E-state index contributed by atoms with van der Waals surface area (Å²) in [5.74, 6) is 0. The molecule has 1 fully saturated rings. The van der Waals surface area contributed by atoms with Crippen LogP contribution in [0, 0.1) is 5.41 Å². The minimum absolute atomic E-state index is 0.0573. The van der Waals surface area contributed by atoms with Crippen LogP contribution < -0.4 is 5.56 Å². The molecule has 1 aromatic rings. The molecule has 1 aromatic heterocycles. The zero-order valence-electron chi connectivity index (χ0n) is 8.16. The van der Waals surface area contributed by atoms with Crippen molar-refractivity contribution < 1.29 is 0 Å². The molecule has 0 bridgehead atoms. The molecule has 0 radical (unpaired) electrons. The Hall–Kier alpha value is -0.830. The summed E-state index contributed by atoms with van der Waals surface area (Å²) < 4.78 is 1.64. The fourth-order valence-electron chi connectivity index (χ4n) is 1.87. The summed E-state index contributed by atoms with van der Waals surface area (Å²) in [7, 11) is 0. The summed E-state index contributed by atoms with van der Waals surface area (Å²) in [6.07, 6.45) is 5.20. The summed E-state index contributed by atoms with van der Waals surface area (Å²) in [5.41, 5.74) is 0.234. The first-order valence-corrected chi connectivity index (χ1v) is 5.19. The highest BCUT2D eigenvalue weighted by Gasteiger charge is 2.32. The van der Waals surface area contributed by atoms with Crippen molar-refractivity contribution in [1.29, 1.82) is 0 Å². The van der Waals surface area contributed by atoms with E-state index in [0.29, 0.717) is 5.41 Å². The maximum atomic E-state index is 11.5. The van der Waals surface area contributed by atoms with E-state index >= 15 is 0 Å². The van der Waals surface area contributed by atoms with Crippen LogP contribution in [-0.4, -0.2) is 9.55 Å². The summed E-state index contributed by atoms with van der Waals surface area (Å²) in [5, 5.41) is 0.269. The molecular formula is C10H13ClN2O. The standard InChI is InChI=1S/C10H13ClN2O/c1-10(3-2-4-10)6-13-7-12-8(11)5-9(13)14/h5,7H,2-4,6H2,1H3. The Morgan fingerprint density at radius 1 is 1.64 bits per heavy atom. The van der Waals surface area contributed by atoms with E-state index in [1.54, 1.807) is 4.57 Å². The molecule has 1 heterocycles. The van der Waals surface area contributed by atoms with E-state index in [-0.39, 0.29) is 10.7 Å². The summed E-state index contributed by atoms with van der Waals surface area (Å²) in [6.45, 7) is 2.97. The van der Waals surface area contributed by atoms with Crippen LogP contribution in [0.25, 0.3) is 0 Å². The second-order valence-electron chi connectivity index (χ2n) is 4.34. The van der Waals surface area contributed by atoms with E-state index in [4.69, 9.17) is 11.6 Å². The molecule has 2 rings (SSSR count). The van der Waals surface area contributed by atoms with Crippen molar-refractivity contribution in [2.75, 3.05) is 0 Å². The van der Waals surface area contributed by atoms with Crippen LogP contribution in [0.2, 0.25) is 5.15 Å². The third-order valence-electron chi connectivity index (χ3n) is 2.96. The molecule has 0 spiro atoms. The van der Waals surface area contributed by atoms with E-state index in [1.807, 2.05) is 0 Å². The number of rotatable bonds is 2. The van der Waals surface area contributed by atoms with Gasteiger partial charge in [0.1, 0.15) is 5.15 Å². The predicted octanol–water partition coefficient (Wildman–Crippen LogP) is 2.09. The molecule has 14 heavy (non-hydrogen) atoms. The molecule has 4 heteroatoms. The van der Waals surface area contributed by atoms with Crippen molar-refractivity contribution in [3.63, 3.8) is 0 Å². The summed E-state index contributed by atoms with van der Waals surface area (Å²) in [4.78, 5) is 15.4. The Morgan fingerprint density at radius 2 is 2.36 bits per heavy atom. The maximum absolute atomic E-state index is 11.5. The minimum atomic E-state index is -0.0573. The van der Waals surface area contributed by atoms with Gasteiger partial charge >= 0.3 is 0 Å². The lowest BCUT2D eigenvalue weighted by molar-refractivity contribution is 0.130. The summed E-state index contributed by atoms with van der Waals surface area (Å²) in [6, 6.07) is 1.36. The van der Waals surface area contributed by atoms with E-state index in [0.717, 1.165) is 6.54 Å². The lowest BCUT2D eigenvalue weighted by Crippen LogP contribution is -2.35. The van der Waals surface area contributed by atoms with Crippen molar-refractivity contribution >= 4 is 11.6 Å². The Balaban J connectivity index is 2.21. The second kappa shape index (κ2) is 3.39. The van der Waals surface area contributed by atoms with Gasteiger partial charge in [0.05, 0.1) is 6.33 Å². The molecule has 76 valence electrons. The fraction of sp³-hybridized carbons (Fsp3) is 0.600. The van der Waals surface area contributed by atoms with Gasteiger partial charge in [-0.05, 0) is 18.3 Å². The van der Waals surface area contributed by atoms with Crippen molar-refractivity contribution in [3.8, 4) is 0 Å². The van der Waals surface area contributed by atoms with Crippen LogP contribution in [-0.2, 0) is 6.54 Å². The van der Waals surface area contributed by atoms with Crippen molar-refractivity contribution in [2.45, 2.75) is 32.7 Å². The van der Waals surface area contributed by atoms with E-state index in [1.165, 1.54) is 31.7 Å². The predicted molar refractivity (Wildman–Crippen MR) is 55.5 cm³/mol. The quantitative estimate of drug-likeness (QED) is 0.704. The Bertz CT molecular complexity index is 395. The highest BCUT2D eigenvalue weighted by Crippen LogP contribution is 2.41. The third-order valence-corrected chi connectivity index (χ3v) is 3.17. The van der Waals surface area contributed by atoms with Crippen LogP contribution in [0.5, 0.6) is 0 Å². The van der Waals surface area contributed by atoms with Gasteiger partial charge in [0.25, 0.3) is 5.56 Å². The van der Waals surface area contributed by atoms with Crippen molar-refractivity contribution in [2.24, 2.45) is 5.41 Å². The van der Waals surface area contributed by atoms with Gasteiger partial charge < -0.3 is 0 Å². The van der Waals surface area contributed by atoms with Gasteiger partial charge in [0.2, 0.25) is 0 Å². The average molecular weight is 213 g/mol. The van der Waals surface area contributed by atoms with Crippen molar-refractivity contribution in [3.05, 3.63) is 27.9 Å². The SMILES string of the molecule is CC1(Cn2cnc(Cl)cc2=O)CCC1. The van der Waals surface area contributed by atoms with E-state index in [2.05, 4.69) is 11.9 Å². The number of nitrogens with zero attached hydrogens (tertiary/aromatic N) is 2. The second-order valence-corrected chi connectivity index (χ2v) is 4.73. The number of aromatic nitrogens is 2. The Kier molecular flexibility index (Phi) is 2.35. The van der Waals surface area contributed by atoms with Crippen LogP contribution in [0.15, 0.2) is 17.2 Å². The van der Waals surface area contributed by atoms with E-state index < -0.39 is 0 Å². The molecular weight excluding hydrogens is 200 g/mol. The molecule has 0 aromatic carbocycles. The maximum Gasteiger partial charge on any atom is 0.254 e. The third kappa shape index (κ3) is 1.82. The monoisotopic (exact) mass is 212 g/mol. The van der Waals surface area contributed by atoms with Gasteiger partial charge in [0, 0.05) is 12.6 Å². The molecule has 3 nitrogen and oxygen atoms in total. The lowest BCUT2D eigenvalue weighted by atomic mass is 9.70. The largest absolute Gasteiger partial charge is 0.299 e. The first-order valence-electron chi connectivity index (χ1n) is 4.81. The molecule has 0 N–H and O–H groups in total. The molecule has 0 amide bonds. The van der Waals surface area contributed by atoms with E-state index in [9.17, 15) is 4.79 Å². The van der Waals surface area contributed by atoms with Gasteiger partial charge in [-0.15, -0.1) is 0 Å². The van der Waals surface area contributed by atoms with Crippen LogP contribution in [0.1, 0.15) is 26.2 Å². The zero-order chi connectivity index (χ0) is 10.2.